The van der Waals surface area contributed by atoms with Crippen LogP contribution in [0.2, 0.25) is 0 Å². The lowest BCUT2D eigenvalue weighted by Gasteiger charge is -2.31. The molecular formula is C22H27N5O3. The van der Waals surface area contributed by atoms with Gasteiger partial charge >= 0.3 is 6.03 Å². The molecular weight excluding hydrogens is 382 g/mol. The quantitative estimate of drug-likeness (QED) is 0.588. The molecule has 8 heteroatoms. The molecule has 1 saturated heterocycles. The lowest BCUT2D eigenvalue weighted by molar-refractivity contribution is -0.122. The number of amides is 4. The molecule has 0 unspecified atom stereocenters. The molecule has 2 aromatic carbocycles. The zero-order valence-electron chi connectivity index (χ0n) is 17.0. The Morgan fingerprint density at radius 1 is 0.900 bits per heavy atom. The molecule has 0 spiro atoms. The van der Waals surface area contributed by atoms with Crippen molar-refractivity contribution in [3.8, 4) is 0 Å². The van der Waals surface area contributed by atoms with E-state index in [1.54, 1.807) is 43.4 Å². The number of hydrogen-bond donors (Lipinski definition) is 4. The van der Waals surface area contributed by atoms with Crippen LogP contribution >= 0.6 is 0 Å². The Labute approximate surface area is 176 Å². The molecule has 1 aliphatic rings. The van der Waals surface area contributed by atoms with Crippen molar-refractivity contribution in [3.63, 3.8) is 0 Å². The van der Waals surface area contributed by atoms with E-state index in [0.29, 0.717) is 23.5 Å². The summed E-state index contributed by atoms with van der Waals surface area (Å²) in [5.41, 5.74) is 1.84. The van der Waals surface area contributed by atoms with E-state index in [1.165, 1.54) is 0 Å². The van der Waals surface area contributed by atoms with Gasteiger partial charge in [-0.2, -0.15) is 0 Å². The highest BCUT2D eigenvalue weighted by molar-refractivity contribution is 6.00. The van der Waals surface area contributed by atoms with Crippen LogP contribution in [0.25, 0.3) is 0 Å². The summed E-state index contributed by atoms with van der Waals surface area (Å²) in [6.45, 7) is 1.94. The summed E-state index contributed by atoms with van der Waals surface area (Å²) < 4.78 is 0. The molecule has 1 aliphatic heterocycles. The van der Waals surface area contributed by atoms with Crippen molar-refractivity contribution < 1.29 is 14.4 Å². The van der Waals surface area contributed by atoms with E-state index in [1.807, 2.05) is 18.2 Å². The van der Waals surface area contributed by atoms with Crippen molar-refractivity contribution in [2.75, 3.05) is 37.3 Å². The van der Waals surface area contributed by atoms with Crippen LogP contribution in [0.15, 0.2) is 54.6 Å². The summed E-state index contributed by atoms with van der Waals surface area (Å²) in [6, 6.07) is 15.7. The molecule has 158 valence electrons. The lowest BCUT2D eigenvalue weighted by atomic mass is 10.0. The number of likely N-dealkylation sites (N-methyl/N-ethyl adjacent to an activating group) is 1. The Balaban J connectivity index is 1.45. The normalized spacial score (nSPS) is 14.6. The standard InChI is InChI=1S/C22H27N5O3/c1-23-20(28)15-27-13-11-19(12-14-27)24-21(29)16-7-9-18(10-8-16)26-22(30)25-17-5-3-2-4-6-17/h2-10,19H,11-15H2,1H3,(H,23,28)(H,24,29)(H2,25,26,30). The van der Waals surface area contributed by atoms with Gasteiger partial charge in [-0.25, -0.2) is 4.79 Å². The first-order valence-corrected chi connectivity index (χ1v) is 10.0. The summed E-state index contributed by atoms with van der Waals surface area (Å²) in [6.07, 6.45) is 1.62. The number of carbonyl (C=O) groups is 3. The summed E-state index contributed by atoms with van der Waals surface area (Å²) in [5.74, 6) is -0.135. The van der Waals surface area contributed by atoms with E-state index in [-0.39, 0.29) is 23.9 Å². The maximum Gasteiger partial charge on any atom is 0.323 e. The van der Waals surface area contributed by atoms with Crippen molar-refractivity contribution >= 4 is 29.2 Å². The molecule has 1 heterocycles. The monoisotopic (exact) mass is 409 g/mol. The summed E-state index contributed by atoms with van der Waals surface area (Å²) in [5, 5.41) is 11.2. The second-order valence-electron chi connectivity index (χ2n) is 7.22. The fourth-order valence-corrected chi connectivity index (χ4v) is 3.31. The van der Waals surface area contributed by atoms with Gasteiger partial charge in [0.15, 0.2) is 0 Å². The molecule has 0 aromatic heterocycles. The molecule has 1 fully saturated rings. The van der Waals surface area contributed by atoms with Gasteiger partial charge in [0.25, 0.3) is 5.91 Å². The number of hydrogen-bond acceptors (Lipinski definition) is 4. The largest absolute Gasteiger partial charge is 0.358 e. The molecule has 2 aromatic rings. The van der Waals surface area contributed by atoms with Crippen LogP contribution in [0.5, 0.6) is 0 Å². The van der Waals surface area contributed by atoms with E-state index in [9.17, 15) is 14.4 Å². The molecule has 0 saturated carbocycles. The van der Waals surface area contributed by atoms with Crippen LogP contribution in [-0.4, -0.2) is 55.5 Å². The van der Waals surface area contributed by atoms with Gasteiger partial charge in [-0.15, -0.1) is 0 Å². The van der Waals surface area contributed by atoms with Crippen molar-refractivity contribution in [3.05, 3.63) is 60.2 Å². The summed E-state index contributed by atoms with van der Waals surface area (Å²) >= 11 is 0. The van der Waals surface area contributed by atoms with Crippen molar-refractivity contribution in [1.29, 1.82) is 0 Å². The van der Waals surface area contributed by atoms with Crippen molar-refractivity contribution in [2.24, 2.45) is 0 Å². The number of nitrogens with zero attached hydrogens (tertiary/aromatic N) is 1. The number of benzene rings is 2. The van der Waals surface area contributed by atoms with E-state index in [2.05, 4.69) is 26.2 Å². The van der Waals surface area contributed by atoms with Crippen LogP contribution in [0.1, 0.15) is 23.2 Å². The maximum atomic E-state index is 12.5. The Bertz CT molecular complexity index is 862. The number of urea groups is 1. The SMILES string of the molecule is CNC(=O)CN1CCC(NC(=O)c2ccc(NC(=O)Nc3ccccc3)cc2)CC1. The third-order valence-corrected chi connectivity index (χ3v) is 5.01. The number of likely N-dealkylation sites (tertiary alicyclic amines) is 1. The van der Waals surface area contributed by atoms with Crippen LogP contribution in [0.3, 0.4) is 0 Å². The van der Waals surface area contributed by atoms with Crippen molar-refractivity contribution in [1.82, 2.24) is 15.5 Å². The topological polar surface area (TPSA) is 103 Å². The average Bonchev–Trinajstić information content (AvgIpc) is 2.76. The Morgan fingerprint density at radius 3 is 2.10 bits per heavy atom. The van der Waals surface area contributed by atoms with Gasteiger partial charge in [0.05, 0.1) is 6.54 Å². The van der Waals surface area contributed by atoms with E-state index >= 15 is 0 Å². The Morgan fingerprint density at radius 2 is 1.50 bits per heavy atom. The predicted molar refractivity (Wildman–Crippen MR) is 117 cm³/mol. The zero-order chi connectivity index (χ0) is 21.3. The molecule has 4 amide bonds. The third kappa shape index (κ3) is 6.31. The molecule has 30 heavy (non-hydrogen) atoms. The number of para-hydroxylation sites is 1. The molecule has 4 N–H and O–H groups in total. The highest BCUT2D eigenvalue weighted by Crippen LogP contribution is 2.14. The minimum atomic E-state index is -0.345. The summed E-state index contributed by atoms with van der Waals surface area (Å²) in [7, 11) is 1.63. The van der Waals surface area contributed by atoms with Crippen molar-refractivity contribution in [2.45, 2.75) is 18.9 Å². The van der Waals surface area contributed by atoms with Crippen LogP contribution in [-0.2, 0) is 4.79 Å². The second kappa shape index (κ2) is 10.4. The Hall–Kier alpha value is -3.39. The molecule has 0 aliphatic carbocycles. The van der Waals surface area contributed by atoms with Gasteiger partial charge < -0.3 is 21.3 Å². The first-order valence-electron chi connectivity index (χ1n) is 10.0. The highest BCUT2D eigenvalue weighted by Gasteiger charge is 2.22. The van der Waals surface area contributed by atoms with E-state index < -0.39 is 0 Å². The number of anilines is 2. The fourth-order valence-electron chi connectivity index (χ4n) is 3.31. The Kier molecular flexibility index (Phi) is 7.40. The second-order valence-corrected chi connectivity index (χ2v) is 7.22. The van der Waals surface area contributed by atoms with Gasteiger partial charge in [0, 0.05) is 43.1 Å². The third-order valence-electron chi connectivity index (χ3n) is 5.01. The first-order chi connectivity index (χ1) is 14.5. The van der Waals surface area contributed by atoms with E-state index in [0.717, 1.165) is 25.9 Å². The molecule has 0 radical (unpaired) electrons. The number of carbonyl (C=O) groups excluding carboxylic acids is 3. The molecule has 8 nitrogen and oxygen atoms in total. The number of rotatable bonds is 6. The highest BCUT2D eigenvalue weighted by atomic mass is 16.2. The van der Waals surface area contributed by atoms with Crippen LogP contribution in [0.4, 0.5) is 16.2 Å². The smallest absolute Gasteiger partial charge is 0.323 e. The molecule has 0 bridgehead atoms. The van der Waals surface area contributed by atoms with Crippen LogP contribution < -0.4 is 21.3 Å². The molecule has 0 atom stereocenters. The summed E-state index contributed by atoms with van der Waals surface area (Å²) in [4.78, 5) is 38.1. The van der Waals surface area contributed by atoms with Gasteiger partial charge in [0.2, 0.25) is 5.91 Å². The maximum absolute atomic E-state index is 12.5. The zero-order valence-corrected chi connectivity index (χ0v) is 17.0. The fraction of sp³-hybridized carbons (Fsp3) is 0.318. The molecule has 3 rings (SSSR count). The van der Waals surface area contributed by atoms with Crippen LogP contribution in [0, 0.1) is 0 Å². The average molecular weight is 409 g/mol. The van der Waals surface area contributed by atoms with Gasteiger partial charge in [-0.3, -0.25) is 14.5 Å². The van der Waals surface area contributed by atoms with E-state index in [4.69, 9.17) is 0 Å². The van der Waals surface area contributed by atoms with Gasteiger partial charge in [0.1, 0.15) is 0 Å². The first kappa shape index (κ1) is 21.3. The van der Waals surface area contributed by atoms with Gasteiger partial charge in [-0.1, -0.05) is 18.2 Å². The minimum absolute atomic E-state index is 0.00337. The minimum Gasteiger partial charge on any atom is -0.358 e. The number of piperidine rings is 1. The lowest BCUT2D eigenvalue weighted by Crippen LogP contribution is -2.47. The number of nitrogens with one attached hydrogen (secondary N) is 4. The van der Waals surface area contributed by atoms with Gasteiger partial charge in [-0.05, 0) is 49.2 Å². The predicted octanol–water partition coefficient (Wildman–Crippen LogP) is 2.27.